The highest BCUT2D eigenvalue weighted by Gasteiger charge is 2.18. The van der Waals surface area contributed by atoms with E-state index in [4.69, 9.17) is 4.74 Å². The molecule has 106 valence electrons. The molecule has 0 saturated carbocycles. The second-order valence-corrected chi connectivity index (χ2v) is 6.23. The van der Waals surface area contributed by atoms with Crippen LogP contribution in [0.4, 0.5) is 4.79 Å². The van der Waals surface area contributed by atoms with E-state index in [-0.39, 0.29) is 12.5 Å². The smallest absolute Gasteiger partial charge is 0.407 e. The van der Waals surface area contributed by atoms with Crippen molar-refractivity contribution in [1.29, 1.82) is 0 Å². The number of halogens is 1. The molecule has 19 heavy (non-hydrogen) atoms. The zero-order valence-electron chi connectivity index (χ0n) is 11.4. The van der Waals surface area contributed by atoms with Gasteiger partial charge in [-0.05, 0) is 38.5 Å². The molecule has 4 nitrogen and oxygen atoms in total. The van der Waals surface area contributed by atoms with Gasteiger partial charge in [-0.2, -0.15) is 0 Å². The Morgan fingerprint density at radius 2 is 2.16 bits per heavy atom. The van der Waals surface area contributed by atoms with Crippen LogP contribution in [0.2, 0.25) is 0 Å². The van der Waals surface area contributed by atoms with Crippen LogP contribution in [0.5, 0.6) is 0 Å². The van der Waals surface area contributed by atoms with Crippen molar-refractivity contribution in [2.75, 3.05) is 13.2 Å². The predicted molar refractivity (Wildman–Crippen MR) is 78.2 cm³/mol. The van der Waals surface area contributed by atoms with Crippen LogP contribution >= 0.6 is 15.9 Å². The van der Waals surface area contributed by atoms with Gasteiger partial charge in [0.25, 0.3) is 0 Å². The van der Waals surface area contributed by atoms with Gasteiger partial charge in [0.2, 0.25) is 0 Å². The number of ether oxygens (including phenoxy) is 1. The van der Waals surface area contributed by atoms with Gasteiger partial charge in [0, 0.05) is 16.9 Å². The molecule has 1 atom stereocenters. The van der Waals surface area contributed by atoms with Gasteiger partial charge in [0.05, 0.1) is 6.61 Å². The number of carbonyl (C=O) groups excluding carboxylic acids is 1. The lowest BCUT2D eigenvalue weighted by atomic mass is 10.0. The van der Waals surface area contributed by atoms with Crippen LogP contribution in [0.3, 0.4) is 0 Å². The van der Waals surface area contributed by atoms with E-state index in [1.807, 2.05) is 45.0 Å². The Labute approximate surface area is 122 Å². The Bertz CT molecular complexity index is 429. The van der Waals surface area contributed by atoms with E-state index in [1.165, 1.54) is 0 Å². The molecule has 0 unspecified atom stereocenters. The van der Waals surface area contributed by atoms with Gasteiger partial charge in [-0.1, -0.05) is 28.1 Å². The first-order chi connectivity index (χ1) is 8.81. The number of amides is 1. The van der Waals surface area contributed by atoms with Crippen molar-refractivity contribution in [2.45, 2.75) is 32.3 Å². The number of hydrogen-bond donors (Lipinski definition) is 2. The molecular formula is C14H20BrNO3. The van der Waals surface area contributed by atoms with Crippen molar-refractivity contribution in [3.63, 3.8) is 0 Å². The second kappa shape index (κ2) is 6.91. The zero-order valence-corrected chi connectivity index (χ0v) is 13.0. The molecule has 1 aromatic carbocycles. The Hall–Kier alpha value is -1.07. The molecule has 0 fully saturated rings. The molecule has 0 bridgehead atoms. The lowest BCUT2D eigenvalue weighted by Crippen LogP contribution is -2.35. The monoisotopic (exact) mass is 329 g/mol. The molecule has 0 radical (unpaired) electrons. The van der Waals surface area contributed by atoms with E-state index in [0.29, 0.717) is 6.54 Å². The maximum Gasteiger partial charge on any atom is 0.407 e. The lowest BCUT2D eigenvalue weighted by molar-refractivity contribution is 0.0521. The maximum atomic E-state index is 11.6. The van der Waals surface area contributed by atoms with Crippen LogP contribution in [0, 0.1) is 0 Å². The molecule has 0 aliphatic heterocycles. The third-order valence-electron chi connectivity index (χ3n) is 2.43. The van der Waals surface area contributed by atoms with Crippen LogP contribution in [0.1, 0.15) is 32.3 Å². The Morgan fingerprint density at radius 3 is 2.68 bits per heavy atom. The van der Waals surface area contributed by atoms with E-state index >= 15 is 0 Å². The largest absolute Gasteiger partial charge is 0.444 e. The number of hydrogen-bond acceptors (Lipinski definition) is 3. The number of rotatable bonds is 4. The highest BCUT2D eigenvalue weighted by molar-refractivity contribution is 9.10. The van der Waals surface area contributed by atoms with Crippen LogP contribution < -0.4 is 5.32 Å². The molecule has 1 rings (SSSR count). The second-order valence-electron chi connectivity index (χ2n) is 5.32. The molecule has 0 aromatic heterocycles. The summed E-state index contributed by atoms with van der Waals surface area (Å²) in [5.41, 5.74) is 0.446. The number of carbonyl (C=O) groups is 1. The number of aliphatic hydroxyl groups excluding tert-OH is 1. The average molecular weight is 330 g/mol. The van der Waals surface area contributed by atoms with Gasteiger partial charge < -0.3 is 15.2 Å². The standard InChI is InChI=1S/C14H20BrNO3/c1-14(2,3)19-13(18)16-8-11(9-17)10-5-4-6-12(15)7-10/h4-7,11,17H,8-9H2,1-3H3,(H,16,18)/t11-/m1/s1. The van der Waals surface area contributed by atoms with E-state index in [9.17, 15) is 9.90 Å². The minimum absolute atomic E-state index is 0.0355. The highest BCUT2D eigenvalue weighted by Crippen LogP contribution is 2.19. The molecule has 0 aliphatic carbocycles. The summed E-state index contributed by atoms with van der Waals surface area (Å²) in [5, 5.41) is 12.1. The summed E-state index contributed by atoms with van der Waals surface area (Å²) in [5.74, 6) is -0.148. The molecule has 1 amide bonds. The molecule has 0 heterocycles. The fourth-order valence-electron chi connectivity index (χ4n) is 1.57. The van der Waals surface area contributed by atoms with E-state index < -0.39 is 11.7 Å². The molecule has 1 aromatic rings. The van der Waals surface area contributed by atoms with Crippen LogP contribution in [0.25, 0.3) is 0 Å². The fourth-order valence-corrected chi connectivity index (χ4v) is 1.99. The molecular weight excluding hydrogens is 310 g/mol. The minimum Gasteiger partial charge on any atom is -0.444 e. The van der Waals surface area contributed by atoms with Crippen molar-refractivity contribution in [3.8, 4) is 0 Å². The SMILES string of the molecule is CC(C)(C)OC(=O)NC[C@H](CO)c1cccc(Br)c1. The third-order valence-corrected chi connectivity index (χ3v) is 2.93. The summed E-state index contributed by atoms with van der Waals surface area (Å²) in [7, 11) is 0. The van der Waals surface area contributed by atoms with Crippen LogP contribution in [0.15, 0.2) is 28.7 Å². The van der Waals surface area contributed by atoms with Crippen molar-refractivity contribution in [3.05, 3.63) is 34.3 Å². The third kappa shape index (κ3) is 6.07. The fraction of sp³-hybridized carbons (Fsp3) is 0.500. The summed E-state index contributed by atoms with van der Waals surface area (Å²) >= 11 is 3.39. The summed E-state index contributed by atoms with van der Waals surface area (Å²) < 4.78 is 6.10. The van der Waals surface area contributed by atoms with Crippen molar-refractivity contribution < 1.29 is 14.6 Å². The molecule has 0 spiro atoms. The predicted octanol–water partition coefficient (Wildman–Crippen LogP) is 3.05. The highest BCUT2D eigenvalue weighted by atomic mass is 79.9. The van der Waals surface area contributed by atoms with Gasteiger partial charge in [-0.25, -0.2) is 4.79 Å². The average Bonchev–Trinajstić information content (AvgIpc) is 2.27. The number of nitrogens with one attached hydrogen (secondary N) is 1. The van der Waals surface area contributed by atoms with E-state index in [0.717, 1.165) is 10.0 Å². The lowest BCUT2D eigenvalue weighted by Gasteiger charge is -2.21. The minimum atomic E-state index is -0.519. The van der Waals surface area contributed by atoms with Crippen molar-refractivity contribution in [2.24, 2.45) is 0 Å². The normalized spacial score (nSPS) is 12.9. The van der Waals surface area contributed by atoms with Gasteiger partial charge in [0.1, 0.15) is 5.60 Å². The molecule has 5 heteroatoms. The number of alkyl carbamates (subject to hydrolysis) is 1. The Balaban J connectivity index is 2.56. The van der Waals surface area contributed by atoms with Gasteiger partial charge >= 0.3 is 6.09 Å². The van der Waals surface area contributed by atoms with E-state index in [1.54, 1.807) is 0 Å². The first-order valence-corrected chi connectivity index (χ1v) is 6.94. The maximum absolute atomic E-state index is 11.6. The topological polar surface area (TPSA) is 58.6 Å². The first-order valence-electron chi connectivity index (χ1n) is 6.15. The van der Waals surface area contributed by atoms with Crippen molar-refractivity contribution in [1.82, 2.24) is 5.32 Å². The zero-order chi connectivity index (χ0) is 14.5. The van der Waals surface area contributed by atoms with Crippen LogP contribution in [-0.4, -0.2) is 30.0 Å². The summed E-state index contributed by atoms with van der Waals surface area (Å²) in [6, 6.07) is 7.66. The molecule has 2 N–H and O–H groups in total. The van der Waals surface area contributed by atoms with Gasteiger partial charge in [-0.15, -0.1) is 0 Å². The number of benzene rings is 1. The van der Waals surface area contributed by atoms with Gasteiger partial charge in [0.15, 0.2) is 0 Å². The summed E-state index contributed by atoms with van der Waals surface area (Å²) in [4.78, 5) is 11.6. The van der Waals surface area contributed by atoms with Crippen LogP contribution in [-0.2, 0) is 4.74 Å². The number of aliphatic hydroxyl groups is 1. The first kappa shape index (κ1) is 16.0. The quantitative estimate of drug-likeness (QED) is 0.892. The van der Waals surface area contributed by atoms with Crippen molar-refractivity contribution >= 4 is 22.0 Å². The summed E-state index contributed by atoms with van der Waals surface area (Å²) in [6.45, 7) is 5.73. The molecule has 0 saturated heterocycles. The summed E-state index contributed by atoms with van der Waals surface area (Å²) in [6.07, 6.45) is -0.471. The Morgan fingerprint density at radius 1 is 1.47 bits per heavy atom. The van der Waals surface area contributed by atoms with E-state index in [2.05, 4.69) is 21.2 Å². The molecule has 0 aliphatic rings. The Kier molecular flexibility index (Phi) is 5.82. The van der Waals surface area contributed by atoms with Gasteiger partial charge in [-0.3, -0.25) is 0 Å².